The molecule has 2 heteroatoms. The van der Waals surface area contributed by atoms with E-state index < -0.39 is 0 Å². The highest BCUT2D eigenvalue weighted by molar-refractivity contribution is 7.16. The first-order chi connectivity index (χ1) is 11.9. The standard InChI is InChI=1S/C23H28OS/c1-5-16-6-8-17(9-7-16)21-14-19(15-24)22(25-21)18-10-12-20(13-11-18)23(2,3)4/h6-10,12,14,24H,5,11,13,15H2,1-4H3. The van der Waals surface area contributed by atoms with Gasteiger partial charge in [-0.15, -0.1) is 11.3 Å². The van der Waals surface area contributed by atoms with Crippen molar-refractivity contribution in [3.05, 3.63) is 64.1 Å². The summed E-state index contributed by atoms with van der Waals surface area (Å²) in [5.41, 5.74) is 6.76. The van der Waals surface area contributed by atoms with E-state index in [0.717, 1.165) is 24.8 Å². The number of rotatable bonds is 4. The highest BCUT2D eigenvalue weighted by Crippen LogP contribution is 2.41. The van der Waals surface area contributed by atoms with Crippen molar-refractivity contribution in [1.82, 2.24) is 0 Å². The van der Waals surface area contributed by atoms with Crippen LogP contribution in [-0.4, -0.2) is 5.11 Å². The van der Waals surface area contributed by atoms with Crippen LogP contribution in [0.15, 0.2) is 48.1 Å². The van der Waals surface area contributed by atoms with Gasteiger partial charge in [0.15, 0.2) is 0 Å². The van der Waals surface area contributed by atoms with Crippen molar-refractivity contribution in [3.8, 4) is 10.4 Å². The Morgan fingerprint density at radius 3 is 2.28 bits per heavy atom. The Morgan fingerprint density at radius 1 is 1.04 bits per heavy atom. The molecule has 0 saturated heterocycles. The third-order valence-corrected chi connectivity index (χ3v) is 6.33. The van der Waals surface area contributed by atoms with Gasteiger partial charge in [-0.2, -0.15) is 0 Å². The lowest BCUT2D eigenvalue weighted by molar-refractivity contribution is 0.282. The molecule has 0 amide bonds. The number of thiophene rings is 1. The predicted molar refractivity (Wildman–Crippen MR) is 110 cm³/mol. The number of aryl methyl sites for hydroxylation is 1. The SMILES string of the molecule is CCc1ccc(-c2cc(CO)c(C3=CC=C(C(C)(C)C)CC3)s2)cc1. The summed E-state index contributed by atoms with van der Waals surface area (Å²) < 4.78 is 0. The Kier molecular flexibility index (Phi) is 5.31. The van der Waals surface area contributed by atoms with Crippen molar-refractivity contribution in [1.29, 1.82) is 0 Å². The molecule has 132 valence electrons. The maximum Gasteiger partial charge on any atom is 0.0696 e. The second-order valence-electron chi connectivity index (χ2n) is 7.81. The number of hydrogen-bond donors (Lipinski definition) is 1. The molecule has 0 spiro atoms. The van der Waals surface area contributed by atoms with E-state index >= 15 is 0 Å². The highest BCUT2D eigenvalue weighted by Gasteiger charge is 2.21. The van der Waals surface area contributed by atoms with E-state index in [0.29, 0.717) is 0 Å². The fourth-order valence-corrected chi connectivity index (χ4v) is 4.55. The van der Waals surface area contributed by atoms with Crippen LogP contribution >= 0.6 is 11.3 Å². The van der Waals surface area contributed by atoms with Crippen LogP contribution < -0.4 is 0 Å². The van der Waals surface area contributed by atoms with Gasteiger partial charge < -0.3 is 5.11 Å². The van der Waals surface area contributed by atoms with E-state index in [-0.39, 0.29) is 12.0 Å². The molecule has 0 saturated carbocycles. The Bertz CT molecular complexity index is 798. The minimum Gasteiger partial charge on any atom is -0.392 e. The molecule has 2 aromatic rings. The molecule has 1 heterocycles. The number of benzene rings is 1. The summed E-state index contributed by atoms with van der Waals surface area (Å²) in [5, 5.41) is 9.84. The van der Waals surface area contributed by atoms with E-state index in [4.69, 9.17) is 0 Å². The molecule has 3 rings (SSSR count). The maximum absolute atomic E-state index is 9.84. The van der Waals surface area contributed by atoms with Crippen LogP contribution in [0, 0.1) is 5.41 Å². The summed E-state index contributed by atoms with van der Waals surface area (Å²) in [7, 11) is 0. The lowest BCUT2D eigenvalue weighted by atomic mass is 9.80. The monoisotopic (exact) mass is 352 g/mol. The topological polar surface area (TPSA) is 20.2 Å². The summed E-state index contributed by atoms with van der Waals surface area (Å²) >= 11 is 1.81. The van der Waals surface area contributed by atoms with Gasteiger partial charge in [-0.1, -0.05) is 69.7 Å². The second kappa shape index (κ2) is 7.31. The van der Waals surface area contributed by atoms with Crippen LogP contribution in [-0.2, 0) is 13.0 Å². The van der Waals surface area contributed by atoms with Crippen molar-refractivity contribution in [2.45, 2.75) is 53.6 Å². The molecular formula is C23H28OS. The molecule has 0 aliphatic heterocycles. The summed E-state index contributed by atoms with van der Waals surface area (Å²) in [5.74, 6) is 0. The molecular weight excluding hydrogens is 324 g/mol. The van der Waals surface area contributed by atoms with Crippen LogP contribution in [0.2, 0.25) is 0 Å². The molecule has 1 aromatic carbocycles. The lowest BCUT2D eigenvalue weighted by Crippen LogP contribution is -2.11. The minimum atomic E-state index is 0.103. The Labute approximate surface area is 155 Å². The van der Waals surface area contributed by atoms with E-state index in [1.165, 1.54) is 32.0 Å². The highest BCUT2D eigenvalue weighted by atomic mass is 32.1. The number of aliphatic hydroxyl groups excluding tert-OH is 1. The van der Waals surface area contributed by atoms with E-state index in [2.05, 4.69) is 70.2 Å². The summed E-state index contributed by atoms with van der Waals surface area (Å²) in [6.45, 7) is 9.11. The normalized spacial score (nSPS) is 15.1. The molecule has 0 radical (unpaired) electrons. The zero-order valence-electron chi connectivity index (χ0n) is 15.7. The first-order valence-corrected chi connectivity index (χ1v) is 9.97. The Balaban J connectivity index is 1.94. The average molecular weight is 353 g/mol. The average Bonchev–Trinajstić information content (AvgIpc) is 3.05. The third kappa shape index (κ3) is 3.96. The Hall–Kier alpha value is -1.64. The Morgan fingerprint density at radius 2 is 1.76 bits per heavy atom. The van der Waals surface area contributed by atoms with Gasteiger partial charge in [0.25, 0.3) is 0 Å². The summed E-state index contributed by atoms with van der Waals surface area (Å²) in [6.07, 6.45) is 7.78. The van der Waals surface area contributed by atoms with Gasteiger partial charge >= 0.3 is 0 Å². The zero-order chi connectivity index (χ0) is 18.0. The molecule has 1 aliphatic rings. The van der Waals surface area contributed by atoms with Crippen LogP contribution in [0.4, 0.5) is 0 Å². The van der Waals surface area contributed by atoms with Crippen molar-refractivity contribution in [3.63, 3.8) is 0 Å². The summed E-state index contributed by atoms with van der Waals surface area (Å²) in [4.78, 5) is 2.49. The zero-order valence-corrected chi connectivity index (χ0v) is 16.5. The summed E-state index contributed by atoms with van der Waals surface area (Å²) in [6, 6.07) is 11.0. The van der Waals surface area contributed by atoms with Gasteiger partial charge in [0, 0.05) is 9.75 Å². The van der Waals surface area contributed by atoms with Gasteiger partial charge in [-0.25, -0.2) is 0 Å². The minimum absolute atomic E-state index is 0.103. The number of hydrogen-bond acceptors (Lipinski definition) is 2. The molecule has 1 N–H and O–H groups in total. The fourth-order valence-electron chi connectivity index (χ4n) is 3.32. The number of aliphatic hydroxyl groups is 1. The van der Waals surface area contributed by atoms with Crippen LogP contribution in [0.3, 0.4) is 0 Å². The molecule has 25 heavy (non-hydrogen) atoms. The molecule has 1 nitrogen and oxygen atoms in total. The molecule has 0 fully saturated rings. The van der Waals surface area contributed by atoms with Gasteiger partial charge in [0.1, 0.15) is 0 Å². The first kappa shape index (κ1) is 18.2. The van der Waals surface area contributed by atoms with Crippen molar-refractivity contribution in [2.24, 2.45) is 5.41 Å². The van der Waals surface area contributed by atoms with Gasteiger partial charge in [-0.3, -0.25) is 0 Å². The second-order valence-corrected chi connectivity index (χ2v) is 8.86. The van der Waals surface area contributed by atoms with E-state index in [1.807, 2.05) is 11.3 Å². The van der Waals surface area contributed by atoms with Crippen LogP contribution in [0.1, 0.15) is 56.5 Å². The van der Waals surface area contributed by atoms with Gasteiger partial charge in [0.2, 0.25) is 0 Å². The van der Waals surface area contributed by atoms with Crippen molar-refractivity contribution < 1.29 is 5.11 Å². The van der Waals surface area contributed by atoms with Crippen LogP contribution in [0.25, 0.3) is 16.0 Å². The fraction of sp³-hybridized carbons (Fsp3) is 0.391. The largest absolute Gasteiger partial charge is 0.392 e. The molecule has 0 bridgehead atoms. The van der Waals surface area contributed by atoms with E-state index in [1.54, 1.807) is 0 Å². The molecule has 1 aliphatic carbocycles. The smallest absolute Gasteiger partial charge is 0.0696 e. The quantitative estimate of drug-likeness (QED) is 0.655. The third-order valence-electron chi connectivity index (χ3n) is 5.03. The lowest BCUT2D eigenvalue weighted by Gasteiger charge is -2.26. The van der Waals surface area contributed by atoms with Gasteiger partial charge in [0.05, 0.1) is 6.61 Å². The number of allylic oxidation sites excluding steroid dienone is 4. The van der Waals surface area contributed by atoms with Crippen molar-refractivity contribution >= 4 is 16.9 Å². The molecule has 1 aromatic heterocycles. The van der Waals surface area contributed by atoms with Crippen LogP contribution in [0.5, 0.6) is 0 Å². The first-order valence-electron chi connectivity index (χ1n) is 9.16. The predicted octanol–water partition coefficient (Wildman–Crippen LogP) is 6.62. The maximum atomic E-state index is 9.84. The molecule has 0 unspecified atom stereocenters. The van der Waals surface area contributed by atoms with Gasteiger partial charge in [-0.05, 0) is 53.0 Å². The van der Waals surface area contributed by atoms with E-state index in [9.17, 15) is 5.11 Å². The molecule has 0 atom stereocenters. The van der Waals surface area contributed by atoms with Crippen molar-refractivity contribution in [2.75, 3.05) is 0 Å².